The number of non-ortho nitro benzene ring substituents is 1. The molecule has 166 valence electrons. The first kappa shape index (κ1) is 22.0. The van der Waals surface area contributed by atoms with Crippen LogP contribution in [0, 0.1) is 17.0 Å². The van der Waals surface area contributed by atoms with Gasteiger partial charge < -0.3 is 9.73 Å². The fraction of sp³-hybridized carbons (Fsp3) is 0.0870. The molecule has 2 aromatic carbocycles. The number of aryl methyl sites for hydroxylation is 1. The van der Waals surface area contributed by atoms with Gasteiger partial charge >= 0.3 is 0 Å². The van der Waals surface area contributed by atoms with Crippen molar-refractivity contribution in [1.82, 2.24) is 4.90 Å². The van der Waals surface area contributed by atoms with Crippen molar-refractivity contribution < 1.29 is 23.7 Å². The van der Waals surface area contributed by atoms with Gasteiger partial charge in [-0.05, 0) is 42.4 Å². The number of para-hydroxylation sites is 1. The monoisotopic (exact) mass is 463 g/mol. The van der Waals surface area contributed by atoms with Gasteiger partial charge in [0.2, 0.25) is 5.91 Å². The van der Waals surface area contributed by atoms with Crippen LogP contribution >= 0.6 is 11.8 Å². The SMILES string of the molecule is Cc1ccccc1NC(=O)CN1C(=O)S/C(=C/c2ccc(-c3cccc([N+](=O)[O-])c3)o2)C1=O. The van der Waals surface area contributed by atoms with Gasteiger partial charge in [0.1, 0.15) is 18.1 Å². The number of nitro groups is 1. The summed E-state index contributed by atoms with van der Waals surface area (Å²) >= 11 is 0.709. The number of anilines is 1. The predicted octanol–water partition coefficient (Wildman–Crippen LogP) is 4.84. The maximum absolute atomic E-state index is 12.7. The highest BCUT2D eigenvalue weighted by Gasteiger charge is 2.36. The zero-order valence-electron chi connectivity index (χ0n) is 17.3. The molecule has 10 heteroatoms. The summed E-state index contributed by atoms with van der Waals surface area (Å²) in [5.41, 5.74) is 1.90. The van der Waals surface area contributed by atoms with E-state index >= 15 is 0 Å². The van der Waals surface area contributed by atoms with Gasteiger partial charge in [-0.2, -0.15) is 0 Å². The van der Waals surface area contributed by atoms with Gasteiger partial charge in [0.25, 0.3) is 16.8 Å². The first-order valence-corrected chi connectivity index (χ1v) is 10.6. The Kier molecular flexibility index (Phi) is 6.09. The third-order valence-electron chi connectivity index (χ3n) is 4.84. The molecule has 33 heavy (non-hydrogen) atoms. The standard InChI is InChI=1S/C23H17N3O6S/c1-14-5-2-3-8-18(14)24-21(27)13-25-22(28)20(33-23(25)29)12-17-9-10-19(32-17)15-6-4-7-16(11-15)26(30)31/h2-12H,13H2,1H3,(H,24,27)/b20-12+. The van der Waals surface area contributed by atoms with Crippen molar-refractivity contribution in [2.45, 2.75) is 6.92 Å². The zero-order valence-corrected chi connectivity index (χ0v) is 18.1. The van der Waals surface area contributed by atoms with Crippen LogP contribution in [0.3, 0.4) is 0 Å². The van der Waals surface area contributed by atoms with Crippen LogP contribution in [0.4, 0.5) is 16.2 Å². The summed E-state index contributed by atoms with van der Waals surface area (Å²) in [6.45, 7) is 1.43. The molecular weight excluding hydrogens is 446 g/mol. The number of nitrogens with one attached hydrogen (secondary N) is 1. The van der Waals surface area contributed by atoms with E-state index in [0.717, 1.165) is 10.5 Å². The summed E-state index contributed by atoms with van der Waals surface area (Å²) in [5, 5.41) is 13.1. The molecular formula is C23H17N3O6S. The average Bonchev–Trinajstić information content (AvgIpc) is 3.36. The smallest absolute Gasteiger partial charge is 0.294 e. The largest absolute Gasteiger partial charge is 0.457 e. The molecule has 1 aromatic heterocycles. The third kappa shape index (κ3) is 4.85. The zero-order chi connectivity index (χ0) is 23.5. The Morgan fingerprint density at radius 3 is 2.70 bits per heavy atom. The number of rotatable bonds is 6. The van der Waals surface area contributed by atoms with E-state index in [1.54, 1.807) is 36.4 Å². The van der Waals surface area contributed by atoms with Crippen molar-refractivity contribution in [2.24, 2.45) is 0 Å². The highest BCUT2D eigenvalue weighted by molar-refractivity contribution is 8.18. The van der Waals surface area contributed by atoms with Crippen LogP contribution in [0.25, 0.3) is 17.4 Å². The van der Waals surface area contributed by atoms with Crippen molar-refractivity contribution in [3.05, 3.63) is 87.0 Å². The normalized spacial score (nSPS) is 14.7. The van der Waals surface area contributed by atoms with Gasteiger partial charge in [0, 0.05) is 29.5 Å². The summed E-state index contributed by atoms with van der Waals surface area (Å²) in [4.78, 5) is 48.8. The van der Waals surface area contributed by atoms with Crippen molar-refractivity contribution in [3.63, 3.8) is 0 Å². The topological polar surface area (TPSA) is 123 Å². The van der Waals surface area contributed by atoms with Crippen molar-refractivity contribution in [3.8, 4) is 11.3 Å². The maximum atomic E-state index is 12.7. The number of nitro benzene ring substituents is 1. The first-order valence-electron chi connectivity index (χ1n) is 9.77. The number of benzene rings is 2. The number of hydrogen-bond acceptors (Lipinski definition) is 7. The van der Waals surface area contributed by atoms with Crippen LogP contribution in [-0.2, 0) is 9.59 Å². The Morgan fingerprint density at radius 1 is 1.15 bits per heavy atom. The molecule has 0 spiro atoms. The summed E-state index contributed by atoms with van der Waals surface area (Å²) < 4.78 is 5.68. The number of amides is 3. The van der Waals surface area contributed by atoms with E-state index in [4.69, 9.17) is 4.42 Å². The molecule has 0 radical (unpaired) electrons. The van der Waals surface area contributed by atoms with E-state index in [-0.39, 0.29) is 10.6 Å². The minimum atomic E-state index is -0.599. The van der Waals surface area contributed by atoms with E-state index in [0.29, 0.717) is 34.5 Å². The molecule has 1 fully saturated rings. The Labute approximate surface area is 192 Å². The first-order chi connectivity index (χ1) is 15.8. The maximum Gasteiger partial charge on any atom is 0.294 e. The molecule has 0 unspecified atom stereocenters. The summed E-state index contributed by atoms with van der Waals surface area (Å²) in [5.74, 6) is -0.412. The average molecular weight is 463 g/mol. The molecule has 4 rings (SSSR count). The molecule has 9 nitrogen and oxygen atoms in total. The van der Waals surface area contributed by atoms with Crippen LogP contribution in [0.1, 0.15) is 11.3 Å². The van der Waals surface area contributed by atoms with Crippen molar-refractivity contribution in [1.29, 1.82) is 0 Å². The predicted molar refractivity (Wildman–Crippen MR) is 123 cm³/mol. The van der Waals surface area contributed by atoms with Crippen LogP contribution in [0.15, 0.2) is 70.0 Å². The number of hydrogen-bond donors (Lipinski definition) is 1. The molecule has 0 bridgehead atoms. The highest BCUT2D eigenvalue weighted by Crippen LogP contribution is 2.33. The van der Waals surface area contributed by atoms with E-state index in [1.807, 2.05) is 19.1 Å². The molecule has 0 aliphatic carbocycles. The number of nitrogens with zero attached hydrogens (tertiary/aromatic N) is 2. The van der Waals surface area contributed by atoms with Gasteiger partial charge in [-0.15, -0.1) is 0 Å². The van der Waals surface area contributed by atoms with Crippen molar-refractivity contribution >= 4 is 46.3 Å². The van der Waals surface area contributed by atoms with Gasteiger partial charge in [-0.25, -0.2) is 0 Å². The molecule has 1 saturated heterocycles. The fourth-order valence-corrected chi connectivity index (χ4v) is 3.99. The lowest BCUT2D eigenvalue weighted by molar-refractivity contribution is -0.384. The molecule has 1 aliphatic heterocycles. The number of thioether (sulfide) groups is 1. The Hall–Kier alpha value is -4.18. The number of carbonyl (C=O) groups is 3. The van der Waals surface area contributed by atoms with E-state index < -0.39 is 28.5 Å². The number of furan rings is 1. The Bertz CT molecular complexity index is 1310. The summed E-state index contributed by atoms with van der Waals surface area (Å²) in [6, 6.07) is 16.3. The van der Waals surface area contributed by atoms with Gasteiger partial charge in [-0.1, -0.05) is 30.3 Å². The molecule has 2 heterocycles. The van der Waals surface area contributed by atoms with E-state index in [1.165, 1.54) is 18.2 Å². The molecule has 1 aliphatic rings. The van der Waals surface area contributed by atoms with Gasteiger partial charge in [-0.3, -0.25) is 29.4 Å². The lowest BCUT2D eigenvalue weighted by Gasteiger charge is -2.13. The second kappa shape index (κ2) is 9.13. The van der Waals surface area contributed by atoms with Gasteiger partial charge in [0.15, 0.2) is 0 Å². The van der Waals surface area contributed by atoms with Crippen LogP contribution in [0.2, 0.25) is 0 Å². The van der Waals surface area contributed by atoms with E-state index in [9.17, 15) is 24.5 Å². The molecule has 1 N–H and O–H groups in total. The minimum Gasteiger partial charge on any atom is -0.457 e. The molecule has 0 atom stereocenters. The van der Waals surface area contributed by atoms with Crippen LogP contribution in [0.5, 0.6) is 0 Å². The Balaban J connectivity index is 1.47. The number of imide groups is 1. The second-order valence-electron chi connectivity index (χ2n) is 7.14. The lowest BCUT2D eigenvalue weighted by atomic mass is 10.1. The third-order valence-corrected chi connectivity index (χ3v) is 5.74. The van der Waals surface area contributed by atoms with Gasteiger partial charge in [0.05, 0.1) is 9.83 Å². The second-order valence-corrected chi connectivity index (χ2v) is 8.13. The molecule has 3 amide bonds. The number of carbonyl (C=O) groups excluding carboxylic acids is 3. The molecule has 3 aromatic rings. The van der Waals surface area contributed by atoms with Crippen molar-refractivity contribution in [2.75, 3.05) is 11.9 Å². The van der Waals surface area contributed by atoms with Crippen LogP contribution in [-0.4, -0.2) is 33.4 Å². The Morgan fingerprint density at radius 2 is 1.94 bits per heavy atom. The summed E-state index contributed by atoms with van der Waals surface area (Å²) in [6.07, 6.45) is 1.41. The fourth-order valence-electron chi connectivity index (χ4n) is 3.17. The summed E-state index contributed by atoms with van der Waals surface area (Å²) in [7, 11) is 0. The quantitative estimate of drug-likeness (QED) is 0.315. The minimum absolute atomic E-state index is 0.0736. The molecule has 0 saturated carbocycles. The van der Waals surface area contributed by atoms with E-state index in [2.05, 4.69) is 5.32 Å². The highest BCUT2D eigenvalue weighted by atomic mass is 32.2. The van der Waals surface area contributed by atoms with Crippen LogP contribution < -0.4 is 5.32 Å². The lowest BCUT2D eigenvalue weighted by Crippen LogP contribution is -2.36.